The summed E-state index contributed by atoms with van der Waals surface area (Å²) in [5.74, 6) is -1.08. The molecule has 0 fully saturated rings. The van der Waals surface area contributed by atoms with Crippen LogP contribution in [0.3, 0.4) is 0 Å². The van der Waals surface area contributed by atoms with Crippen molar-refractivity contribution in [3.63, 3.8) is 0 Å². The maximum atomic E-state index is 12.6. The van der Waals surface area contributed by atoms with Gasteiger partial charge in [0.2, 0.25) is 0 Å². The molecule has 0 spiro atoms. The first kappa shape index (κ1) is 17.1. The van der Waals surface area contributed by atoms with E-state index in [1.165, 1.54) is 0 Å². The fourth-order valence-corrected chi connectivity index (χ4v) is 1.20. The topological polar surface area (TPSA) is 26.3 Å². The first-order valence-corrected chi connectivity index (χ1v) is 5.20. The summed E-state index contributed by atoms with van der Waals surface area (Å²) in [5.41, 5.74) is -4.08. The van der Waals surface area contributed by atoms with Gasteiger partial charge in [-0.2, -0.15) is 26.3 Å². The van der Waals surface area contributed by atoms with Gasteiger partial charge in [0.1, 0.15) is 6.10 Å². The Hall–Kier alpha value is -0.950. The molecule has 1 atom stereocenters. The molecule has 8 heteroatoms. The Labute approximate surface area is 100 Å². The summed E-state index contributed by atoms with van der Waals surface area (Å²) >= 11 is 0. The number of carbonyl (C=O) groups is 1. The molecule has 0 aliphatic rings. The molecule has 0 aliphatic heterocycles. The van der Waals surface area contributed by atoms with Crippen molar-refractivity contribution in [3.8, 4) is 0 Å². The van der Waals surface area contributed by atoms with Crippen molar-refractivity contribution in [2.45, 2.75) is 52.1 Å². The predicted molar refractivity (Wildman–Crippen MR) is 50.7 cm³/mol. The van der Waals surface area contributed by atoms with Gasteiger partial charge in [-0.15, -0.1) is 0 Å². The van der Waals surface area contributed by atoms with Gasteiger partial charge in [-0.05, 0) is 20.3 Å². The summed E-state index contributed by atoms with van der Waals surface area (Å²) in [6.07, 6.45) is -13.4. The fraction of sp³-hybridized carbons (Fsp3) is 0.900. The van der Waals surface area contributed by atoms with Crippen LogP contribution in [0, 0.1) is 5.41 Å². The maximum absolute atomic E-state index is 12.6. The second-order valence-electron chi connectivity index (χ2n) is 4.08. The highest BCUT2D eigenvalue weighted by Gasteiger charge is 2.71. The van der Waals surface area contributed by atoms with Crippen molar-refractivity contribution in [1.82, 2.24) is 0 Å². The molecule has 0 aromatic carbocycles. The minimum Gasteiger partial charge on any atom is -0.461 e. The number of alkyl halides is 6. The van der Waals surface area contributed by atoms with Crippen LogP contribution in [0.1, 0.15) is 33.6 Å². The van der Waals surface area contributed by atoms with Crippen LogP contribution in [-0.2, 0) is 9.53 Å². The van der Waals surface area contributed by atoms with Crippen LogP contribution in [0.15, 0.2) is 0 Å². The number of rotatable bonds is 4. The summed E-state index contributed by atoms with van der Waals surface area (Å²) in [4.78, 5) is 11.0. The number of hydrogen-bond acceptors (Lipinski definition) is 2. The Morgan fingerprint density at radius 2 is 1.50 bits per heavy atom. The van der Waals surface area contributed by atoms with Crippen LogP contribution < -0.4 is 0 Å². The van der Waals surface area contributed by atoms with E-state index >= 15 is 0 Å². The van der Waals surface area contributed by atoms with E-state index in [9.17, 15) is 31.1 Å². The third-order valence-electron chi connectivity index (χ3n) is 2.75. The molecule has 0 bridgehead atoms. The first-order valence-electron chi connectivity index (χ1n) is 5.20. The standard InChI is InChI=1S/C10H14F6O2/c1-4-5-7(17)18-6(2)8(3,9(11,12)13)10(14,15)16/h6H,4-5H2,1-3H3. The number of halogens is 6. The van der Waals surface area contributed by atoms with Crippen LogP contribution in [0.4, 0.5) is 26.3 Å². The SMILES string of the molecule is CCCC(=O)OC(C)C(C)(C(F)(F)F)C(F)(F)F. The molecule has 0 aromatic heterocycles. The summed E-state index contributed by atoms with van der Waals surface area (Å²) in [5, 5.41) is 0. The Morgan fingerprint density at radius 1 is 1.11 bits per heavy atom. The van der Waals surface area contributed by atoms with Gasteiger partial charge in [-0.25, -0.2) is 0 Å². The average Bonchev–Trinajstić information content (AvgIpc) is 2.12. The normalized spacial score (nSPS) is 15.4. The lowest BCUT2D eigenvalue weighted by Gasteiger charge is -2.37. The molecule has 18 heavy (non-hydrogen) atoms. The van der Waals surface area contributed by atoms with Gasteiger partial charge >= 0.3 is 18.3 Å². The molecular weight excluding hydrogens is 266 g/mol. The van der Waals surface area contributed by atoms with Gasteiger partial charge < -0.3 is 4.74 Å². The van der Waals surface area contributed by atoms with Gasteiger partial charge in [0.25, 0.3) is 0 Å². The molecule has 1 unspecified atom stereocenters. The van der Waals surface area contributed by atoms with Crippen LogP contribution in [0.5, 0.6) is 0 Å². The van der Waals surface area contributed by atoms with E-state index in [2.05, 4.69) is 4.74 Å². The molecule has 2 nitrogen and oxygen atoms in total. The van der Waals surface area contributed by atoms with Crippen LogP contribution in [0.25, 0.3) is 0 Å². The van der Waals surface area contributed by atoms with E-state index in [0.717, 1.165) is 0 Å². The number of hydrogen-bond donors (Lipinski definition) is 0. The molecule has 0 radical (unpaired) electrons. The summed E-state index contributed by atoms with van der Waals surface area (Å²) in [7, 11) is 0. The third kappa shape index (κ3) is 3.29. The zero-order chi connectivity index (χ0) is 14.8. The van der Waals surface area contributed by atoms with Gasteiger partial charge in [-0.1, -0.05) is 6.92 Å². The molecular formula is C10H14F6O2. The van der Waals surface area contributed by atoms with Crippen molar-refractivity contribution < 1.29 is 35.9 Å². The smallest absolute Gasteiger partial charge is 0.406 e. The van der Waals surface area contributed by atoms with Gasteiger partial charge in [-0.3, -0.25) is 4.79 Å². The van der Waals surface area contributed by atoms with E-state index in [1.54, 1.807) is 6.92 Å². The number of esters is 1. The molecule has 0 rings (SSSR count). The number of carbonyl (C=O) groups excluding carboxylic acids is 1. The van der Waals surface area contributed by atoms with Crippen molar-refractivity contribution >= 4 is 5.97 Å². The zero-order valence-electron chi connectivity index (χ0n) is 10.1. The van der Waals surface area contributed by atoms with E-state index in [1.807, 2.05) is 0 Å². The second kappa shape index (κ2) is 5.36. The van der Waals surface area contributed by atoms with Crippen molar-refractivity contribution in [2.75, 3.05) is 0 Å². The Bertz CT molecular complexity index is 280. The Balaban J connectivity index is 5.19. The minimum absolute atomic E-state index is 0.0170. The van der Waals surface area contributed by atoms with E-state index in [-0.39, 0.29) is 19.8 Å². The van der Waals surface area contributed by atoms with Gasteiger partial charge in [0.05, 0.1) is 0 Å². The van der Waals surface area contributed by atoms with E-state index < -0.39 is 29.8 Å². The first-order chi connectivity index (χ1) is 7.88. The Kier molecular flexibility index (Phi) is 5.07. The summed E-state index contributed by atoms with van der Waals surface area (Å²) in [6.45, 7) is 2.13. The molecule has 0 saturated heterocycles. The quantitative estimate of drug-likeness (QED) is 0.577. The molecule has 108 valence electrons. The third-order valence-corrected chi connectivity index (χ3v) is 2.75. The predicted octanol–water partition coefficient (Wildman–Crippen LogP) is 3.85. The number of ether oxygens (including phenoxy) is 1. The van der Waals surface area contributed by atoms with Crippen LogP contribution in [0.2, 0.25) is 0 Å². The molecule has 0 amide bonds. The van der Waals surface area contributed by atoms with Crippen molar-refractivity contribution in [2.24, 2.45) is 5.41 Å². The molecule has 0 heterocycles. The van der Waals surface area contributed by atoms with E-state index in [0.29, 0.717) is 6.92 Å². The maximum Gasteiger partial charge on any atom is 0.406 e. The lowest BCUT2D eigenvalue weighted by Crippen LogP contribution is -2.55. The fourth-order valence-electron chi connectivity index (χ4n) is 1.20. The lowest BCUT2D eigenvalue weighted by molar-refractivity contribution is -0.357. The van der Waals surface area contributed by atoms with Crippen LogP contribution in [-0.4, -0.2) is 24.4 Å². The molecule has 0 saturated carbocycles. The minimum atomic E-state index is -5.56. The highest BCUT2D eigenvalue weighted by Crippen LogP contribution is 2.53. The zero-order valence-corrected chi connectivity index (χ0v) is 10.1. The lowest BCUT2D eigenvalue weighted by atomic mass is 9.83. The Morgan fingerprint density at radius 3 is 1.78 bits per heavy atom. The van der Waals surface area contributed by atoms with Crippen LogP contribution >= 0.6 is 0 Å². The largest absolute Gasteiger partial charge is 0.461 e. The van der Waals surface area contributed by atoms with Crippen molar-refractivity contribution in [3.05, 3.63) is 0 Å². The molecule has 0 aromatic rings. The highest BCUT2D eigenvalue weighted by molar-refractivity contribution is 5.69. The molecule has 0 aliphatic carbocycles. The summed E-state index contributed by atoms with van der Waals surface area (Å²) in [6, 6.07) is 0. The summed E-state index contributed by atoms with van der Waals surface area (Å²) < 4.78 is 79.7. The second-order valence-corrected chi connectivity index (χ2v) is 4.08. The highest BCUT2D eigenvalue weighted by atomic mass is 19.4. The monoisotopic (exact) mass is 280 g/mol. The van der Waals surface area contributed by atoms with Gasteiger partial charge in [0.15, 0.2) is 5.41 Å². The van der Waals surface area contributed by atoms with Gasteiger partial charge in [0, 0.05) is 6.42 Å². The average molecular weight is 280 g/mol. The molecule has 0 N–H and O–H groups in total. The van der Waals surface area contributed by atoms with Crippen molar-refractivity contribution in [1.29, 1.82) is 0 Å². The van der Waals surface area contributed by atoms with E-state index in [4.69, 9.17) is 0 Å².